The van der Waals surface area contributed by atoms with Crippen LogP contribution in [0.5, 0.6) is 0 Å². The van der Waals surface area contributed by atoms with E-state index in [4.69, 9.17) is 10.3 Å². The third kappa shape index (κ3) is 2.74. The summed E-state index contributed by atoms with van der Waals surface area (Å²) in [4.78, 5) is 4.39. The molecule has 0 amide bonds. The lowest BCUT2D eigenvalue weighted by Crippen LogP contribution is -2.30. The number of nitrogens with zero attached hydrogens (tertiary/aromatic N) is 2. The van der Waals surface area contributed by atoms with E-state index in [1.807, 2.05) is 36.7 Å². The second kappa shape index (κ2) is 6.01. The number of nitrogens with one attached hydrogen (secondary N) is 1. The normalized spacial score (nSPS) is 12.9. The smallest absolute Gasteiger partial charge is 0.148 e. The van der Waals surface area contributed by atoms with Gasteiger partial charge in [0.1, 0.15) is 17.2 Å². The van der Waals surface area contributed by atoms with Gasteiger partial charge in [0.2, 0.25) is 0 Å². The van der Waals surface area contributed by atoms with Gasteiger partial charge in [-0.05, 0) is 35.0 Å². The predicted molar refractivity (Wildman–Crippen MR) is 85.6 cm³/mol. The molecule has 5 nitrogen and oxygen atoms in total. The molecule has 2 heterocycles. The summed E-state index contributed by atoms with van der Waals surface area (Å²) in [6, 6.07) is 7.87. The van der Waals surface area contributed by atoms with Crippen molar-refractivity contribution in [2.45, 2.75) is 25.9 Å². The Morgan fingerprint density at radius 2 is 2.33 bits per heavy atom. The third-order valence-corrected chi connectivity index (χ3v) is 4.21. The Hall–Kier alpha value is -1.63. The molecule has 21 heavy (non-hydrogen) atoms. The number of para-hydroxylation sites is 1. The van der Waals surface area contributed by atoms with Crippen LogP contribution >= 0.6 is 15.9 Å². The van der Waals surface area contributed by atoms with Crippen molar-refractivity contribution in [3.63, 3.8) is 0 Å². The van der Waals surface area contributed by atoms with Crippen molar-refractivity contribution >= 4 is 26.9 Å². The zero-order valence-electron chi connectivity index (χ0n) is 11.7. The molecule has 1 aromatic carbocycles. The molecule has 0 bridgehead atoms. The lowest BCUT2D eigenvalue weighted by molar-refractivity contribution is 0.424. The fourth-order valence-corrected chi connectivity index (χ4v) is 2.92. The third-order valence-electron chi connectivity index (χ3n) is 3.59. The molecule has 0 aliphatic heterocycles. The molecule has 3 rings (SSSR count). The second-order valence-electron chi connectivity index (χ2n) is 4.86. The highest BCUT2D eigenvalue weighted by atomic mass is 79.9. The Balaban J connectivity index is 1.93. The first-order chi connectivity index (χ1) is 10.2. The molecule has 0 aliphatic carbocycles. The van der Waals surface area contributed by atoms with Gasteiger partial charge >= 0.3 is 0 Å². The molecule has 0 saturated heterocycles. The van der Waals surface area contributed by atoms with Gasteiger partial charge in [-0.3, -0.25) is 5.84 Å². The maximum atomic E-state index is 5.95. The lowest BCUT2D eigenvalue weighted by atomic mass is 10.1. The average Bonchev–Trinajstić information content (AvgIpc) is 3.11. The van der Waals surface area contributed by atoms with E-state index in [1.54, 1.807) is 0 Å². The van der Waals surface area contributed by atoms with Crippen LogP contribution in [-0.2, 0) is 13.0 Å². The highest BCUT2D eigenvalue weighted by Crippen LogP contribution is 2.30. The van der Waals surface area contributed by atoms with E-state index in [0.717, 1.165) is 33.6 Å². The summed E-state index contributed by atoms with van der Waals surface area (Å²) in [6.07, 6.45) is 4.45. The van der Waals surface area contributed by atoms with Gasteiger partial charge in [0.25, 0.3) is 0 Å². The van der Waals surface area contributed by atoms with Crippen molar-refractivity contribution in [3.8, 4) is 0 Å². The van der Waals surface area contributed by atoms with Crippen molar-refractivity contribution in [2.75, 3.05) is 0 Å². The van der Waals surface area contributed by atoms with E-state index in [-0.39, 0.29) is 6.04 Å². The average molecular weight is 349 g/mol. The van der Waals surface area contributed by atoms with Gasteiger partial charge in [0.05, 0.1) is 10.5 Å². The molecule has 0 radical (unpaired) electrons. The number of hydrogen-bond donors (Lipinski definition) is 2. The van der Waals surface area contributed by atoms with Gasteiger partial charge in [-0.15, -0.1) is 0 Å². The van der Waals surface area contributed by atoms with Crippen LogP contribution in [0.2, 0.25) is 0 Å². The van der Waals surface area contributed by atoms with Crippen LogP contribution in [0.4, 0.5) is 0 Å². The second-order valence-corrected chi connectivity index (χ2v) is 5.71. The quantitative estimate of drug-likeness (QED) is 0.548. The summed E-state index contributed by atoms with van der Waals surface area (Å²) in [5, 5.41) is 1.05. The minimum absolute atomic E-state index is 0.114. The van der Waals surface area contributed by atoms with Crippen LogP contribution in [0.15, 0.2) is 45.5 Å². The van der Waals surface area contributed by atoms with Crippen molar-refractivity contribution in [1.82, 2.24) is 15.0 Å². The topological polar surface area (TPSA) is 69.0 Å². The van der Waals surface area contributed by atoms with Gasteiger partial charge in [-0.25, -0.2) is 10.4 Å². The number of imidazole rings is 1. The molecule has 6 heteroatoms. The van der Waals surface area contributed by atoms with Crippen LogP contribution in [0.1, 0.15) is 24.6 Å². The predicted octanol–water partition coefficient (Wildman–Crippen LogP) is 3.16. The van der Waals surface area contributed by atoms with Crippen LogP contribution in [0, 0.1) is 0 Å². The van der Waals surface area contributed by atoms with E-state index >= 15 is 0 Å². The Morgan fingerprint density at radius 1 is 1.48 bits per heavy atom. The molecule has 0 saturated carbocycles. The summed E-state index contributed by atoms with van der Waals surface area (Å²) in [6.45, 7) is 2.98. The van der Waals surface area contributed by atoms with E-state index < -0.39 is 0 Å². The number of furan rings is 1. The van der Waals surface area contributed by atoms with Crippen LogP contribution in [0.3, 0.4) is 0 Å². The molecule has 1 unspecified atom stereocenters. The Kier molecular flexibility index (Phi) is 4.10. The maximum Gasteiger partial charge on any atom is 0.148 e. The Labute approximate surface area is 131 Å². The largest absolute Gasteiger partial charge is 0.458 e. The summed E-state index contributed by atoms with van der Waals surface area (Å²) in [5.74, 6) is 7.51. The number of rotatable bonds is 5. The van der Waals surface area contributed by atoms with Gasteiger partial charge in [-0.1, -0.05) is 12.1 Å². The van der Waals surface area contributed by atoms with Gasteiger partial charge in [-0.2, -0.15) is 0 Å². The molecule has 2 aromatic heterocycles. The number of halogens is 1. The zero-order chi connectivity index (χ0) is 14.8. The first kappa shape index (κ1) is 14.3. The minimum atomic E-state index is -0.114. The standard InChI is InChI=1S/C15H17BrN4O/c1-2-20-7-6-18-14(20)9-12(19-17)13-8-10-4-3-5-11(16)15(10)21-13/h3-8,12,19H,2,9,17H2,1H3. The van der Waals surface area contributed by atoms with E-state index in [0.29, 0.717) is 6.42 Å². The van der Waals surface area contributed by atoms with E-state index in [2.05, 4.69) is 37.8 Å². The van der Waals surface area contributed by atoms with Crippen LogP contribution < -0.4 is 11.3 Å². The van der Waals surface area contributed by atoms with E-state index in [1.165, 1.54) is 0 Å². The first-order valence-electron chi connectivity index (χ1n) is 6.87. The SMILES string of the molecule is CCn1ccnc1CC(NN)c1cc2cccc(Br)c2o1. The monoisotopic (exact) mass is 348 g/mol. The van der Waals surface area contributed by atoms with Gasteiger partial charge in [0, 0.05) is 30.7 Å². The van der Waals surface area contributed by atoms with Crippen molar-refractivity contribution < 1.29 is 4.42 Å². The molecular formula is C15H17BrN4O. The molecule has 1 atom stereocenters. The molecule has 3 aromatic rings. The molecule has 0 fully saturated rings. The van der Waals surface area contributed by atoms with Crippen molar-refractivity contribution in [1.29, 1.82) is 0 Å². The summed E-state index contributed by atoms with van der Waals surface area (Å²) >= 11 is 3.50. The summed E-state index contributed by atoms with van der Waals surface area (Å²) in [5.41, 5.74) is 3.67. The highest BCUT2D eigenvalue weighted by Gasteiger charge is 2.18. The number of aryl methyl sites for hydroxylation is 1. The molecule has 3 N–H and O–H groups in total. The Bertz CT molecular complexity index is 749. The number of benzene rings is 1. The van der Waals surface area contributed by atoms with Crippen LogP contribution in [0.25, 0.3) is 11.0 Å². The fourth-order valence-electron chi connectivity index (χ4n) is 2.46. The fraction of sp³-hybridized carbons (Fsp3) is 0.267. The number of fused-ring (bicyclic) bond motifs is 1. The number of aromatic nitrogens is 2. The van der Waals surface area contributed by atoms with Crippen molar-refractivity contribution in [2.24, 2.45) is 5.84 Å². The van der Waals surface area contributed by atoms with Crippen LogP contribution in [-0.4, -0.2) is 9.55 Å². The minimum Gasteiger partial charge on any atom is -0.458 e. The molecule has 0 spiro atoms. The maximum absolute atomic E-state index is 5.95. The summed E-state index contributed by atoms with van der Waals surface area (Å²) in [7, 11) is 0. The van der Waals surface area contributed by atoms with E-state index in [9.17, 15) is 0 Å². The number of nitrogens with two attached hydrogens (primary N) is 1. The number of hydrazine groups is 1. The van der Waals surface area contributed by atoms with Crippen molar-refractivity contribution in [3.05, 3.63) is 52.7 Å². The molecule has 0 aliphatic rings. The highest BCUT2D eigenvalue weighted by molar-refractivity contribution is 9.10. The lowest BCUT2D eigenvalue weighted by Gasteiger charge is -2.13. The Morgan fingerprint density at radius 3 is 3.05 bits per heavy atom. The molecular weight excluding hydrogens is 332 g/mol. The first-order valence-corrected chi connectivity index (χ1v) is 7.66. The van der Waals surface area contributed by atoms with Gasteiger partial charge < -0.3 is 8.98 Å². The zero-order valence-corrected chi connectivity index (χ0v) is 13.3. The van der Waals surface area contributed by atoms with Gasteiger partial charge in [0.15, 0.2) is 0 Å². The number of hydrogen-bond acceptors (Lipinski definition) is 4. The summed E-state index contributed by atoms with van der Waals surface area (Å²) < 4.78 is 8.99. The molecule has 110 valence electrons.